The van der Waals surface area contributed by atoms with Gasteiger partial charge < -0.3 is 42.8 Å². The fourth-order valence-corrected chi connectivity index (χ4v) is 10.1. The Morgan fingerprint density at radius 3 is 1.50 bits per heavy atom. The Morgan fingerprint density at radius 1 is 0.500 bits per heavy atom. The maximum Gasteiger partial charge on any atom is 0.335 e. The second-order valence-electron chi connectivity index (χ2n) is 21.3. The van der Waals surface area contributed by atoms with E-state index in [2.05, 4.69) is 92.8 Å². The molecule has 0 bridgehead atoms. The quantitative estimate of drug-likeness (QED) is 0.0268. The van der Waals surface area contributed by atoms with Crippen molar-refractivity contribution in [3.63, 3.8) is 0 Å². The Bertz CT molecular complexity index is 2620. The first-order valence-electron chi connectivity index (χ1n) is 25.8. The summed E-state index contributed by atoms with van der Waals surface area (Å²) in [7, 11) is 0.748. The standard InChI is InChI=1S/C60H77N3O9Si2/c1-65-57-37-51(26-30-55(57)71-45-67-32-34-73(3,4)5)40-62-54(36-47-24-28-53(29-25-47)69-43-49-20-14-10-15-21-49)59(70-44-50-22-16-11-17-23-50)42-61(39-48-18-12-9-13-19-48)63(60(62)64)41-52-27-31-56(58(38-52)66-2)72-46-68-33-35-74(6,7)8/h9-31,37-38,54,59H,32-36,39-46H2,1-8H3/t54-,59-/m1/s1. The molecule has 1 aliphatic rings. The van der Waals surface area contributed by atoms with Crippen molar-refractivity contribution in [3.05, 3.63) is 185 Å². The van der Waals surface area contributed by atoms with Gasteiger partial charge in [0.2, 0.25) is 0 Å². The van der Waals surface area contributed by atoms with E-state index in [-0.39, 0.29) is 32.7 Å². The zero-order chi connectivity index (χ0) is 52.3. The molecule has 14 heteroatoms. The fraction of sp³-hybridized carbons (Fsp3) is 0.383. The molecule has 2 atom stereocenters. The number of urea groups is 1. The minimum Gasteiger partial charge on any atom is -0.493 e. The molecular weight excluding hydrogens is 963 g/mol. The van der Waals surface area contributed by atoms with Crippen molar-refractivity contribution in [3.8, 4) is 28.7 Å². The van der Waals surface area contributed by atoms with E-state index in [9.17, 15) is 0 Å². The highest BCUT2D eigenvalue weighted by atomic mass is 28.3. The van der Waals surface area contributed by atoms with E-state index >= 15 is 4.79 Å². The van der Waals surface area contributed by atoms with E-state index in [1.54, 1.807) is 14.2 Å². The lowest BCUT2D eigenvalue weighted by molar-refractivity contribution is -0.0520. The topological polar surface area (TPSA) is 101 Å². The number of carbonyl (C=O) groups excluding carboxylic acids is 1. The Kier molecular flexibility index (Phi) is 20.6. The number of methoxy groups -OCH3 is 2. The summed E-state index contributed by atoms with van der Waals surface area (Å²) in [6.45, 7) is 17.6. The zero-order valence-corrected chi connectivity index (χ0v) is 46.8. The van der Waals surface area contributed by atoms with Crippen LogP contribution in [-0.4, -0.2) is 96.8 Å². The summed E-state index contributed by atoms with van der Waals surface area (Å²) in [5.41, 5.74) is 5.96. The molecule has 2 amide bonds. The van der Waals surface area contributed by atoms with Crippen LogP contribution in [0.15, 0.2) is 152 Å². The predicted molar refractivity (Wildman–Crippen MR) is 298 cm³/mol. The van der Waals surface area contributed by atoms with E-state index in [0.29, 0.717) is 68.9 Å². The van der Waals surface area contributed by atoms with E-state index in [0.717, 1.165) is 51.2 Å². The van der Waals surface area contributed by atoms with Gasteiger partial charge in [-0.05, 0) is 88.3 Å². The van der Waals surface area contributed by atoms with Crippen molar-refractivity contribution in [2.24, 2.45) is 0 Å². The Morgan fingerprint density at radius 2 is 0.986 bits per heavy atom. The molecule has 0 aromatic heterocycles. The van der Waals surface area contributed by atoms with Crippen LogP contribution >= 0.6 is 0 Å². The molecule has 0 aliphatic carbocycles. The molecule has 1 saturated heterocycles. The van der Waals surface area contributed by atoms with Gasteiger partial charge in [0, 0.05) is 49.0 Å². The Labute approximate surface area is 442 Å². The van der Waals surface area contributed by atoms with Crippen molar-refractivity contribution in [2.45, 2.75) is 103 Å². The maximum atomic E-state index is 16.0. The highest BCUT2D eigenvalue weighted by Crippen LogP contribution is 2.34. The van der Waals surface area contributed by atoms with Gasteiger partial charge in [0.15, 0.2) is 36.6 Å². The van der Waals surface area contributed by atoms with Crippen molar-refractivity contribution in [2.75, 3.05) is 47.6 Å². The normalized spacial score (nSPS) is 15.4. The van der Waals surface area contributed by atoms with Crippen LogP contribution in [0.4, 0.5) is 4.79 Å². The third-order valence-electron chi connectivity index (χ3n) is 12.9. The van der Waals surface area contributed by atoms with E-state index in [4.69, 9.17) is 37.9 Å². The molecule has 0 spiro atoms. The van der Waals surface area contributed by atoms with Crippen LogP contribution in [-0.2, 0) is 53.5 Å². The number of hydrogen-bond acceptors (Lipinski definition) is 10. The Hall–Kier alpha value is -6.14. The molecule has 12 nitrogen and oxygen atoms in total. The maximum absolute atomic E-state index is 16.0. The molecule has 0 N–H and O–H groups in total. The minimum atomic E-state index is -1.26. The number of hydrogen-bond donors (Lipinski definition) is 0. The van der Waals surface area contributed by atoms with E-state index < -0.39 is 28.3 Å². The van der Waals surface area contributed by atoms with E-state index in [1.165, 1.54) is 0 Å². The Balaban J connectivity index is 1.25. The molecule has 74 heavy (non-hydrogen) atoms. The summed E-state index contributed by atoms with van der Waals surface area (Å²) in [4.78, 5) is 18.0. The van der Waals surface area contributed by atoms with Crippen molar-refractivity contribution < 1.29 is 42.7 Å². The molecule has 1 fully saturated rings. The molecule has 394 valence electrons. The lowest BCUT2D eigenvalue weighted by atomic mass is 9.98. The smallest absolute Gasteiger partial charge is 0.335 e. The molecule has 0 unspecified atom stereocenters. The first kappa shape index (κ1) is 55.6. The summed E-state index contributed by atoms with van der Waals surface area (Å²) in [5.74, 6) is 3.01. The van der Waals surface area contributed by atoms with Crippen LogP contribution < -0.4 is 23.7 Å². The zero-order valence-electron chi connectivity index (χ0n) is 44.8. The largest absolute Gasteiger partial charge is 0.493 e. The number of benzene rings is 6. The summed E-state index contributed by atoms with van der Waals surface area (Å²) in [6, 6.07) is 52.0. The van der Waals surface area contributed by atoms with Gasteiger partial charge >= 0.3 is 6.03 Å². The summed E-state index contributed by atoms with van der Waals surface area (Å²) in [6.07, 6.45) is 0.0513. The summed E-state index contributed by atoms with van der Waals surface area (Å²) >= 11 is 0. The summed E-state index contributed by atoms with van der Waals surface area (Å²) < 4.78 is 49.2. The third-order valence-corrected chi connectivity index (χ3v) is 16.3. The van der Waals surface area contributed by atoms with Crippen molar-refractivity contribution >= 4 is 22.2 Å². The first-order chi connectivity index (χ1) is 35.7. The van der Waals surface area contributed by atoms with Crippen LogP contribution in [0.3, 0.4) is 0 Å². The lowest BCUT2D eigenvalue weighted by Gasteiger charge is -2.36. The number of amides is 2. The highest BCUT2D eigenvalue weighted by molar-refractivity contribution is 6.76. The molecule has 0 radical (unpaired) electrons. The van der Waals surface area contributed by atoms with Crippen LogP contribution in [0.1, 0.15) is 33.4 Å². The second kappa shape index (κ2) is 27.4. The van der Waals surface area contributed by atoms with E-state index in [1.807, 2.05) is 113 Å². The van der Waals surface area contributed by atoms with Gasteiger partial charge in [-0.2, -0.15) is 0 Å². The van der Waals surface area contributed by atoms with Gasteiger partial charge in [-0.15, -0.1) is 0 Å². The number of ether oxygens (including phenoxy) is 8. The monoisotopic (exact) mass is 1040 g/mol. The van der Waals surface area contributed by atoms with Crippen LogP contribution in [0.2, 0.25) is 51.4 Å². The van der Waals surface area contributed by atoms with Crippen LogP contribution in [0.25, 0.3) is 0 Å². The fourth-order valence-electron chi connectivity index (χ4n) is 8.54. The molecular formula is C60H77N3O9Si2. The minimum absolute atomic E-state index is 0.111. The molecule has 6 aromatic carbocycles. The van der Waals surface area contributed by atoms with Gasteiger partial charge in [-0.1, -0.05) is 155 Å². The molecule has 7 rings (SSSR count). The predicted octanol–water partition coefficient (Wildman–Crippen LogP) is 12.7. The average Bonchev–Trinajstić information content (AvgIpc) is 3.48. The van der Waals surface area contributed by atoms with Crippen molar-refractivity contribution in [1.29, 1.82) is 0 Å². The molecule has 1 heterocycles. The van der Waals surface area contributed by atoms with Gasteiger partial charge in [0.1, 0.15) is 12.4 Å². The molecule has 0 saturated carbocycles. The van der Waals surface area contributed by atoms with Gasteiger partial charge in [-0.25, -0.2) is 9.80 Å². The number of nitrogens with zero attached hydrogens (tertiary/aromatic N) is 3. The first-order valence-corrected chi connectivity index (χ1v) is 33.2. The molecule has 6 aromatic rings. The molecule has 1 aliphatic heterocycles. The lowest BCUT2D eigenvalue weighted by Crippen LogP contribution is -2.51. The summed E-state index contributed by atoms with van der Waals surface area (Å²) in [5, 5.41) is 4.01. The number of hydrazine groups is 1. The third kappa shape index (κ3) is 17.5. The second-order valence-corrected chi connectivity index (χ2v) is 32.5. The average molecular weight is 1040 g/mol. The van der Waals surface area contributed by atoms with Gasteiger partial charge in [0.05, 0.1) is 39.5 Å². The number of carbonyl (C=O) groups is 1. The highest BCUT2D eigenvalue weighted by Gasteiger charge is 2.42. The van der Waals surface area contributed by atoms with Gasteiger partial charge in [0.25, 0.3) is 0 Å². The van der Waals surface area contributed by atoms with Gasteiger partial charge in [-0.3, -0.25) is 5.01 Å². The van der Waals surface area contributed by atoms with Crippen molar-refractivity contribution in [1.82, 2.24) is 14.9 Å². The van der Waals surface area contributed by atoms with Crippen LogP contribution in [0, 0.1) is 0 Å². The SMILES string of the molecule is COc1cc(CN2C(=O)N(Cc3ccc(OCOCC[Si](C)(C)C)c(OC)c3)N(Cc3ccccc3)C[C@@H](OCc3ccccc3)[C@H]2Cc2ccc(OCc3ccccc3)cc2)ccc1OCOCC[Si](C)(C)C. The van der Waals surface area contributed by atoms with Crippen LogP contribution in [0.5, 0.6) is 28.7 Å². The number of rotatable bonds is 28.